The number of aryl methyl sites for hydroxylation is 1. The minimum atomic E-state index is -0.976. The average molecular weight is 245 g/mol. The molecule has 0 aromatic carbocycles. The monoisotopic (exact) mass is 245 g/mol. The molecule has 0 amide bonds. The summed E-state index contributed by atoms with van der Waals surface area (Å²) in [6, 6.07) is 3.84. The molecule has 1 aliphatic rings. The normalized spacial score (nSPS) is 16.5. The summed E-state index contributed by atoms with van der Waals surface area (Å²) < 4.78 is 1.46. The van der Waals surface area contributed by atoms with E-state index in [1.165, 1.54) is 17.4 Å². The molecule has 0 atom stereocenters. The molecule has 1 N–H and O–H groups in total. The minimum absolute atomic E-state index is 0.171. The molecular formula is C13H15N3O2. The van der Waals surface area contributed by atoms with Gasteiger partial charge >= 0.3 is 5.97 Å². The molecule has 0 saturated heterocycles. The standard InChI is InChI=1S/C13H15N3O2/c1-8-12(13(17)18)16-11(14-8)7-6-10(15-16)9-4-2-3-5-9/h6-7,9H,2-5H2,1H3,(H,17,18). The second-order valence-electron chi connectivity index (χ2n) is 4.86. The van der Waals surface area contributed by atoms with Gasteiger partial charge in [0.25, 0.3) is 0 Å². The summed E-state index contributed by atoms with van der Waals surface area (Å²) in [5.41, 5.74) is 2.27. The number of nitrogens with zero attached hydrogens (tertiary/aromatic N) is 3. The van der Waals surface area contributed by atoms with Gasteiger partial charge in [0.15, 0.2) is 11.3 Å². The van der Waals surface area contributed by atoms with Crippen molar-refractivity contribution in [3.63, 3.8) is 0 Å². The van der Waals surface area contributed by atoms with Crippen LogP contribution in [0.1, 0.15) is 53.5 Å². The number of fused-ring (bicyclic) bond motifs is 1. The van der Waals surface area contributed by atoms with Crippen LogP contribution >= 0.6 is 0 Å². The number of carbonyl (C=O) groups is 1. The molecule has 1 aliphatic carbocycles. The number of aromatic nitrogens is 3. The molecule has 0 bridgehead atoms. The van der Waals surface area contributed by atoms with Crippen LogP contribution in [0.2, 0.25) is 0 Å². The Morgan fingerprint density at radius 3 is 2.78 bits per heavy atom. The molecule has 3 rings (SSSR count). The van der Waals surface area contributed by atoms with Crippen molar-refractivity contribution in [3.8, 4) is 0 Å². The molecule has 0 spiro atoms. The molecule has 2 aromatic heterocycles. The molecule has 18 heavy (non-hydrogen) atoms. The van der Waals surface area contributed by atoms with Crippen LogP contribution in [0, 0.1) is 6.92 Å². The first-order chi connectivity index (χ1) is 8.66. The number of carboxylic acids is 1. The van der Waals surface area contributed by atoms with Gasteiger partial charge in [0, 0.05) is 5.92 Å². The maximum atomic E-state index is 11.2. The molecule has 0 radical (unpaired) electrons. The Bertz CT molecular complexity index is 612. The number of imidazole rings is 1. The summed E-state index contributed by atoms with van der Waals surface area (Å²) >= 11 is 0. The second kappa shape index (κ2) is 4.08. The summed E-state index contributed by atoms with van der Waals surface area (Å²) in [6.45, 7) is 1.70. The summed E-state index contributed by atoms with van der Waals surface area (Å²) in [7, 11) is 0. The molecule has 94 valence electrons. The number of hydrogen-bond donors (Lipinski definition) is 1. The molecule has 5 nitrogen and oxygen atoms in total. The maximum absolute atomic E-state index is 11.2. The highest BCUT2D eigenvalue weighted by Gasteiger charge is 2.21. The summed E-state index contributed by atoms with van der Waals surface area (Å²) in [6.07, 6.45) is 4.77. The Morgan fingerprint density at radius 1 is 1.39 bits per heavy atom. The quantitative estimate of drug-likeness (QED) is 0.882. The van der Waals surface area contributed by atoms with E-state index in [-0.39, 0.29) is 5.69 Å². The van der Waals surface area contributed by atoms with Gasteiger partial charge in [-0.15, -0.1) is 0 Å². The molecule has 2 aromatic rings. The first-order valence-corrected chi connectivity index (χ1v) is 6.26. The Morgan fingerprint density at radius 2 is 2.11 bits per heavy atom. The van der Waals surface area contributed by atoms with E-state index in [1.807, 2.05) is 12.1 Å². The van der Waals surface area contributed by atoms with E-state index in [1.54, 1.807) is 6.92 Å². The van der Waals surface area contributed by atoms with Crippen LogP contribution in [0.3, 0.4) is 0 Å². The van der Waals surface area contributed by atoms with Gasteiger partial charge in [0.2, 0.25) is 0 Å². The molecule has 5 heteroatoms. The Kier molecular flexibility index (Phi) is 2.54. The third-order valence-electron chi connectivity index (χ3n) is 3.65. The van der Waals surface area contributed by atoms with Crippen molar-refractivity contribution in [1.29, 1.82) is 0 Å². The van der Waals surface area contributed by atoms with Crippen molar-refractivity contribution in [1.82, 2.24) is 14.6 Å². The van der Waals surface area contributed by atoms with E-state index in [0.29, 0.717) is 17.3 Å². The second-order valence-corrected chi connectivity index (χ2v) is 4.86. The van der Waals surface area contributed by atoms with Crippen molar-refractivity contribution in [3.05, 3.63) is 29.2 Å². The van der Waals surface area contributed by atoms with Crippen LogP contribution in [-0.2, 0) is 0 Å². The number of hydrogen-bond acceptors (Lipinski definition) is 3. The lowest BCUT2D eigenvalue weighted by Crippen LogP contribution is -2.08. The summed E-state index contributed by atoms with van der Waals surface area (Å²) in [4.78, 5) is 15.5. The van der Waals surface area contributed by atoms with Crippen LogP contribution in [0.5, 0.6) is 0 Å². The third kappa shape index (κ3) is 1.66. The van der Waals surface area contributed by atoms with Crippen LogP contribution in [0.15, 0.2) is 12.1 Å². The third-order valence-corrected chi connectivity index (χ3v) is 3.65. The fourth-order valence-electron chi connectivity index (χ4n) is 2.74. The van der Waals surface area contributed by atoms with Gasteiger partial charge in [0.05, 0.1) is 11.4 Å². The zero-order valence-electron chi connectivity index (χ0n) is 10.3. The van der Waals surface area contributed by atoms with Crippen LogP contribution in [-0.4, -0.2) is 25.7 Å². The Balaban J connectivity index is 2.14. The Labute approximate surface area is 104 Å². The number of rotatable bonds is 2. The van der Waals surface area contributed by atoms with Crippen LogP contribution < -0.4 is 0 Å². The molecular weight excluding hydrogens is 230 g/mol. The first kappa shape index (κ1) is 11.2. The van der Waals surface area contributed by atoms with Crippen LogP contribution in [0.25, 0.3) is 5.65 Å². The van der Waals surface area contributed by atoms with Crippen molar-refractivity contribution >= 4 is 11.6 Å². The van der Waals surface area contributed by atoms with Gasteiger partial charge in [-0.2, -0.15) is 5.10 Å². The molecule has 0 unspecified atom stereocenters. The molecule has 2 heterocycles. The fourth-order valence-corrected chi connectivity index (χ4v) is 2.74. The van der Waals surface area contributed by atoms with Crippen LogP contribution in [0.4, 0.5) is 0 Å². The highest BCUT2D eigenvalue weighted by molar-refractivity contribution is 5.88. The SMILES string of the molecule is Cc1nc2ccc(C3CCCC3)nn2c1C(=O)O. The van der Waals surface area contributed by atoms with E-state index < -0.39 is 5.97 Å². The van der Waals surface area contributed by atoms with Gasteiger partial charge in [-0.1, -0.05) is 12.8 Å². The van der Waals surface area contributed by atoms with Crippen molar-refractivity contribution < 1.29 is 9.90 Å². The Hall–Kier alpha value is -1.91. The fraction of sp³-hybridized carbons (Fsp3) is 0.462. The topological polar surface area (TPSA) is 67.5 Å². The van der Waals surface area contributed by atoms with Crippen molar-refractivity contribution in [2.45, 2.75) is 38.5 Å². The van der Waals surface area contributed by atoms with Gasteiger partial charge in [0.1, 0.15) is 0 Å². The minimum Gasteiger partial charge on any atom is -0.476 e. The van der Waals surface area contributed by atoms with E-state index in [4.69, 9.17) is 0 Å². The average Bonchev–Trinajstić information content (AvgIpc) is 2.92. The van der Waals surface area contributed by atoms with E-state index in [2.05, 4.69) is 10.1 Å². The lowest BCUT2D eigenvalue weighted by Gasteiger charge is -2.08. The predicted octanol–water partition coefficient (Wildman–Crippen LogP) is 2.39. The van der Waals surface area contributed by atoms with Gasteiger partial charge in [-0.3, -0.25) is 0 Å². The summed E-state index contributed by atoms with van der Waals surface area (Å²) in [5.74, 6) is -0.505. The van der Waals surface area contributed by atoms with Crippen molar-refractivity contribution in [2.24, 2.45) is 0 Å². The first-order valence-electron chi connectivity index (χ1n) is 6.26. The highest BCUT2D eigenvalue weighted by atomic mass is 16.4. The highest BCUT2D eigenvalue weighted by Crippen LogP contribution is 2.32. The molecule has 1 saturated carbocycles. The van der Waals surface area contributed by atoms with E-state index in [9.17, 15) is 9.90 Å². The summed E-state index contributed by atoms with van der Waals surface area (Å²) in [5, 5.41) is 13.7. The number of aromatic carboxylic acids is 1. The zero-order valence-corrected chi connectivity index (χ0v) is 10.3. The zero-order chi connectivity index (χ0) is 12.7. The van der Waals surface area contributed by atoms with Crippen molar-refractivity contribution in [2.75, 3.05) is 0 Å². The molecule has 1 fully saturated rings. The maximum Gasteiger partial charge on any atom is 0.356 e. The largest absolute Gasteiger partial charge is 0.476 e. The number of carboxylic acid groups (broad SMARTS) is 1. The lowest BCUT2D eigenvalue weighted by atomic mass is 10.0. The van der Waals surface area contributed by atoms with Gasteiger partial charge in [-0.25, -0.2) is 14.3 Å². The van der Waals surface area contributed by atoms with Gasteiger partial charge < -0.3 is 5.11 Å². The smallest absolute Gasteiger partial charge is 0.356 e. The van der Waals surface area contributed by atoms with E-state index >= 15 is 0 Å². The van der Waals surface area contributed by atoms with E-state index in [0.717, 1.165) is 18.5 Å². The van der Waals surface area contributed by atoms with Gasteiger partial charge in [-0.05, 0) is 31.9 Å². The lowest BCUT2D eigenvalue weighted by molar-refractivity contribution is 0.0687. The predicted molar refractivity (Wildman–Crippen MR) is 65.9 cm³/mol. The molecule has 0 aliphatic heterocycles.